The van der Waals surface area contributed by atoms with E-state index in [0.29, 0.717) is 67.1 Å². The number of ether oxygens (including phenoxy) is 2. The maximum Gasteiger partial charge on any atom is 0.259 e. The van der Waals surface area contributed by atoms with Crippen LogP contribution in [-0.4, -0.2) is 111 Å². The summed E-state index contributed by atoms with van der Waals surface area (Å²) >= 11 is 0. The van der Waals surface area contributed by atoms with Crippen LogP contribution in [0.3, 0.4) is 0 Å². The molecule has 1 saturated heterocycles. The second-order valence-corrected chi connectivity index (χ2v) is 11.3. The normalized spacial score (nSPS) is 17.8. The smallest absolute Gasteiger partial charge is 0.259 e. The van der Waals surface area contributed by atoms with E-state index < -0.39 is 10.0 Å². The summed E-state index contributed by atoms with van der Waals surface area (Å²) in [5.41, 5.74) is 1.67. The fraction of sp³-hybridized carbons (Fsp3) is 0.440. The summed E-state index contributed by atoms with van der Waals surface area (Å²) in [4.78, 5) is 30.1. The molecule has 38 heavy (non-hydrogen) atoms. The summed E-state index contributed by atoms with van der Waals surface area (Å²) < 4.78 is 38.6. The Balaban J connectivity index is 1.31. The number of piperazine rings is 1. The van der Waals surface area contributed by atoms with Gasteiger partial charge in [-0.05, 0) is 37.7 Å². The Bertz CT molecular complexity index is 1360. The molecule has 0 radical (unpaired) electrons. The van der Waals surface area contributed by atoms with E-state index in [4.69, 9.17) is 14.5 Å². The highest BCUT2D eigenvalue weighted by atomic mass is 32.2. The lowest BCUT2D eigenvalue weighted by Crippen LogP contribution is -2.47. The molecule has 3 aliphatic rings. The lowest BCUT2D eigenvalue weighted by Gasteiger charge is -2.31. The predicted octanol–water partition coefficient (Wildman–Crippen LogP) is 0.930. The molecule has 2 aromatic rings. The molecule has 1 aromatic heterocycles. The Morgan fingerprint density at radius 2 is 1.95 bits per heavy atom. The lowest BCUT2D eigenvalue weighted by atomic mass is 10.1. The molecule has 4 heterocycles. The third kappa shape index (κ3) is 5.35. The number of hydrogen-bond donors (Lipinski definition) is 1. The number of hydrogen-bond acceptors (Lipinski definition) is 10. The molecule has 1 N–H and O–H groups in total. The third-order valence-corrected chi connectivity index (χ3v) is 8.62. The van der Waals surface area contributed by atoms with Crippen LogP contribution in [0.1, 0.15) is 22.3 Å². The third-order valence-electron chi connectivity index (χ3n) is 6.66. The molecule has 1 amide bonds. The Kier molecular flexibility index (Phi) is 7.58. The second kappa shape index (κ2) is 11.1. The molecule has 0 aliphatic carbocycles. The Labute approximate surface area is 222 Å². The van der Waals surface area contributed by atoms with Crippen molar-refractivity contribution in [3.63, 3.8) is 0 Å². The highest BCUT2D eigenvalue weighted by molar-refractivity contribution is 7.89. The first-order valence-corrected chi connectivity index (χ1v) is 14.1. The fourth-order valence-corrected chi connectivity index (χ4v) is 6.05. The van der Waals surface area contributed by atoms with Crippen LogP contribution >= 0.6 is 0 Å². The molecule has 5 rings (SSSR count). The van der Waals surface area contributed by atoms with Crippen LogP contribution in [0.5, 0.6) is 11.5 Å². The molecule has 13 heteroatoms. The van der Waals surface area contributed by atoms with E-state index in [1.165, 1.54) is 13.3 Å². The van der Waals surface area contributed by atoms with Gasteiger partial charge in [0, 0.05) is 50.7 Å². The molecular weight excluding hydrogens is 510 g/mol. The van der Waals surface area contributed by atoms with Gasteiger partial charge >= 0.3 is 0 Å². The molecule has 202 valence electrons. The summed E-state index contributed by atoms with van der Waals surface area (Å²) in [6.07, 6.45) is 3.43. The first-order chi connectivity index (χ1) is 18.4. The van der Waals surface area contributed by atoms with Gasteiger partial charge < -0.3 is 14.4 Å². The molecule has 0 saturated carbocycles. The van der Waals surface area contributed by atoms with E-state index >= 15 is 0 Å². The number of sulfonamides is 1. The van der Waals surface area contributed by atoms with Crippen molar-refractivity contribution in [1.82, 2.24) is 24.4 Å². The number of amides is 1. The number of likely N-dealkylation sites (N-methyl/N-ethyl adjacent to an activating group) is 1. The van der Waals surface area contributed by atoms with Gasteiger partial charge in [-0.25, -0.2) is 13.4 Å². The molecule has 0 spiro atoms. The highest BCUT2D eigenvalue weighted by Gasteiger charge is 2.33. The predicted molar refractivity (Wildman–Crippen MR) is 143 cm³/mol. The number of pyridine rings is 1. The number of nitrogens with one attached hydrogen (secondary N) is 1. The van der Waals surface area contributed by atoms with Crippen molar-refractivity contribution >= 4 is 33.4 Å². The molecule has 0 bridgehead atoms. The standard InChI is InChI=1S/C25H31N7O5S/c1-30-11-13-31(14-12-30)38(34,35)16-4-15-37-20-7-6-19-21(22(20)36-2)28-25(32-10-9-27-23(19)32)29-24(33)18-5-3-8-26-17-18/h3,5-8,17H,4,9-16H2,1-2H3,(H,28,29,33). The topological polar surface area (TPSA) is 129 Å². The first-order valence-electron chi connectivity index (χ1n) is 12.5. The van der Waals surface area contributed by atoms with Crippen LogP contribution in [0, 0.1) is 0 Å². The van der Waals surface area contributed by atoms with Crippen molar-refractivity contribution in [2.75, 3.05) is 65.8 Å². The van der Waals surface area contributed by atoms with Gasteiger partial charge in [-0.15, -0.1) is 0 Å². The number of benzene rings is 1. The van der Waals surface area contributed by atoms with E-state index in [9.17, 15) is 13.2 Å². The van der Waals surface area contributed by atoms with E-state index in [0.717, 1.165) is 18.7 Å². The number of methoxy groups -OCH3 is 1. The van der Waals surface area contributed by atoms with Crippen molar-refractivity contribution in [2.45, 2.75) is 6.42 Å². The fourth-order valence-electron chi connectivity index (χ4n) is 4.59. The molecule has 12 nitrogen and oxygen atoms in total. The zero-order valence-electron chi connectivity index (χ0n) is 21.5. The molecule has 0 unspecified atom stereocenters. The summed E-state index contributed by atoms with van der Waals surface area (Å²) in [6.45, 7) is 3.84. The summed E-state index contributed by atoms with van der Waals surface area (Å²) in [7, 11) is 0.174. The highest BCUT2D eigenvalue weighted by Crippen LogP contribution is 2.43. The van der Waals surface area contributed by atoms with E-state index in [-0.39, 0.29) is 18.3 Å². The number of aromatic nitrogens is 1. The van der Waals surface area contributed by atoms with Crippen LogP contribution in [0.2, 0.25) is 0 Å². The minimum Gasteiger partial charge on any atom is -0.491 e. The summed E-state index contributed by atoms with van der Waals surface area (Å²) in [5, 5.41) is 2.87. The number of amidine groups is 1. The van der Waals surface area contributed by atoms with Gasteiger partial charge in [0.2, 0.25) is 16.0 Å². The maximum absolute atomic E-state index is 12.8. The van der Waals surface area contributed by atoms with Gasteiger partial charge in [0.15, 0.2) is 11.5 Å². The zero-order valence-corrected chi connectivity index (χ0v) is 22.3. The monoisotopic (exact) mass is 541 g/mol. The van der Waals surface area contributed by atoms with E-state index in [1.54, 1.807) is 28.7 Å². The maximum atomic E-state index is 12.8. The SMILES string of the molecule is COc1c(OCCCS(=O)(=O)N2CCN(C)CC2)ccc2c1N=C(NC(=O)c1cccnc1)N1CCN=C21. The Hall–Kier alpha value is -3.55. The van der Waals surface area contributed by atoms with Crippen LogP contribution in [-0.2, 0) is 10.0 Å². The second-order valence-electron chi connectivity index (χ2n) is 9.20. The molecule has 0 atom stereocenters. The van der Waals surface area contributed by atoms with Crippen LogP contribution < -0.4 is 14.8 Å². The largest absolute Gasteiger partial charge is 0.491 e. The zero-order chi connectivity index (χ0) is 26.7. The Morgan fingerprint density at radius 3 is 2.68 bits per heavy atom. The number of nitrogens with zero attached hydrogens (tertiary/aromatic N) is 6. The van der Waals surface area contributed by atoms with Gasteiger partial charge in [-0.2, -0.15) is 4.31 Å². The number of guanidine groups is 1. The van der Waals surface area contributed by atoms with Crippen LogP contribution in [0.25, 0.3) is 0 Å². The molecule has 3 aliphatic heterocycles. The van der Waals surface area contributed by atoms with Gasteiger partial charge in [0.05, 0.1) is 31.6 Å². The van der Waals surface area contributed by atoms with Crippen molar-refractivity contribution in [1.29, 1.82) is 0 Å². The average Bonchev–Trinajstić information content (AvgIpc) is 3.42. The number of carbonyl (C=O) groups is 1. The van der Waals surface area contributed by atoms with Gasteiger partial charge in [0.1, 0.15) is 11.5 Å². The Morgan fingerprint density at radius 1 is 1.13 bits per heavy atom. The summed E-state index contributed by atoms with van der Waals surface area (Å²) in [5.74, 6) is 1.55. The lowest BCUT2D eigenvalue weighted by molar-refractivity contribution is 0.0973. The molecule has 1 fully saturated rings. The number of carbonyl (C=O) groups excluding carboxylic acids is 1. The quantitative estimate of drug-likeness (QED) is 0.489. The van der Waals surface area contributed by atoms with Gasteiger partial charge in [-0.1, -0.05) is 0 Å². The van der Waals surface area contributed by atoms with Crippen LogP contribution in [0.15, 0.2) is 46.6 Å². The van der Waals surface area contributed by atoms with Crippen molar-refractivity contribution in [3.05, 3.63) is 47.8 Å². The van der Waals surface area contributed by atoms with Gasteiger partial charge in [-0.3, -0.25) is 25.0 Å². The van der Waals surface area contributed by atoms with Gasteiger partial charge in [0.25, 0.3) is 5.91 Å². The van der Waals surface area contributed by atoms with Crippen molar-refractivity contribution < 1.29 is 22.7 Å². The van der Waals surface area contributed by atoms with Crippen LogP contribution in [0.4, 0.5) is 5.69 Å². The minimum atomic E-state index is -3.34. The van der Waals surface area contributed by atoms with E-state index in [1.807, 2.05) is 18.0 Å². The number of aliphatic imine (C=N–C) groups is 2. The van der Waals surface area contributed by atoms with Crippen molar-refractivity contribution in [3.8, 4) is 11.5 Å². The first kappa shape index (κ1) is 26.1. The van der Waals surface area contributed by atoms with E-state index in [2.05, 4.69) is 20.2 Å². The average molecular weight is 542 g/mol. The minimum absolute atomic E-state index is 0.0123. The molecular formula is C25H31N7O5S. The molecule has 1 aromatic carbocycles. The summed E-state index contributed by atoms with van der Waals surface area (Å²) in [6, 6.07) is 7.00. The number of rotatable bonds is 8. The van der Waals surface area contributed by atoms with Crippen molar-refractivity contribution in [2.24, 2.45) is 9.98 Å². The number of fused-ring (bicyclic) bond motifs is 3.